The molecule has 2 heterocycles. The second-order valence-corrected chi connectivity index (χ2v) is 6.49. The summed E-state index contributed by atoms with van der Waals surface area (Å²) in [7, 11) is 0. The molecule has 0 spiro atoms. The number of carbonyl (C=O) groups excluding carboxylic acids is 1. The number of rotatable bonds is 5. The van der Waals surface area contributed by atoms with Crippen LogP contribution in [0.1, 0.15) is 29.5 Å². The van der Waals surface area contributed by atoms with E-state index < -0.39 is 0 Å². The summed E-state index contributed by atoms with van der Waals surface area (Å²) in [6.07, 6.45) is 2.71. The van der Waals surface area contributed by atoms with Crippen LogP contribution < -0.4 is 10.2 Å². The number of hydrogen-bond donors (Lipinski definition) is 1. The molecule has 1 amide bonds. The third-order valence-corrected chi connectivity index (χ3v) is 5.02. The summed E-state index contributed by atoms with van der Waals surface area (Å²) in [6.45, 7) is 3.82. The molecule has 3 nitrogen and oxygen atoms in total. The predicted octanol–water partition coefficient (Wildman–Crippen LogP) is 4.05. The molecule has 1 aliphatic rings. The molecule has 110 valence electrons. The maximum Gasteiger partial charge on any atom is 0.227 e. The molecule has 0 bridgehead atoms. The topological polar surface area (TPSA) is 32.3 Å². The zero-order valence-electron chi connectivity index (χ0n) is 12.3. The molecule has 1 fully saturated rings. The van der Waals surface area contributed by atoms with Gasteiger partial charge in [0.2, 0.25) is 5.91 Å². The van der Waals surface area contributed by atoms with Gasteiger partial charge in [-0.1, -0.05) is 19.1 Å². The predicted molar refractivity (Wildman–Crippen MR) is 89.1 cm³/mol. The largest absolute Gasteiger partial charge is 0.378 e. The number of hydrogen-bond acceptors (Lipinski definition) is 3. The number of para-hydroxylation sites is 2. The molecule has 1 aromatic carbocycles. The highest BCUT2D eigenvalue weighted by Gasteiger charge is 2.23. The zero-order valence-corrected chi connectivity index (χ0v) is 13.1. The van der Waals surface area contributed by atoms with Gasteiger partial charge in [0.25, 0.3) is 0 Å². The number of aryl methyl sites for hydroxylation is 1. The number of amides is 1. The van der Waals surface area contributed by atoms with Crippen LogP contribution >= 0.6 is 11.3 Å². The Balaban J connectivity index is 1.74. The highest BCUT2D eigenvalue weighted by molar-refractivity contribution is 7.12. The van der Waals surface area contributed by atoms with Crippen LogP contribution in [0.15, 0.2) is 36.4 Å². The van der Waals surface area contributed by atoms with Crippen molar-refractivity contribution < 1.29 is 4.79 Å². The van der Waals surface area contributed by atoms with Crippen LogP contribution in [0.3, 0.4) is 0 Å². The molecular formula is C17H20N2OS. The highest BCUT2D eigenvalue weighted by Crippen LogP contribution is 2.30. The number of anilines is 2. The lowest BCUT2D eigenvalue weighted by atomic mass is 10.2. The van der Waals surface area contributed by atoms with Gasteiger partial charge in [-0.3, -0.25) is 4.79 Å². The van der Waals surface area contributed by atoms with Gasteiger partial charge in [0, 0.05) is 29.3 Å². The summed E-state index contributed by atoms with van der Waals surface area (Å²) in [5.74, 6) is 0.230. The van der Waals surface area contributed by atoms with Crippen LogP contribution in [0.5, 0.6) is 0 Å². The summed E-state index contributed by atoms with van der Waals surface area (Å²) in [6, 6.07) is 12.5. The van der Waals surface area contributed by atoms with E-state index in [0.717, 1.165) is 37.3 Å². The second kappa shape index (κ2) is 6.31. The minimum absolute atomic E-state index is 0.230. The third kappa shape index (κ3) is 3.10. The third-order valence-electron chi connectivity index (χ3n) is 3.79. The van der Waals surface area contributed by atoms with Crippen molar-refractivity contribution in [2.45, 2.75) is 32.7 Å². The van der Waals surface area contributed by atoms with Crippen molar-refractivity contribution in [1.29, 1.82) is 0 Å². The number of carbonyl (C=O) groups is 1. The summed E-state index contributed by atoms with van der Waals surface area (Å²) < 4.78 is 0. The first-order valence-electron chi connectivity index (χ1n) is 7.49. The van der Waals surface area contributed by atoms with E-state index in [4.69, 9.17) is 0 Å². The van der Waals surface area contributed by atoms with Crippen LogP contribution in [-0.4, -0.2) is 12.5 Å². The van der Waals surface area contributed by atoms with Gasteiger partial charge in [-0.2, -0.15) is 0 Å². The van der Waals surface area contributed by atoms with E-state index in [0.29, 0.717) is 6.42 Å². The summed E-state index contributed by atoms with van der Waals surface area (Å²) in [4.78, 5) is 16.6. The molecule has 3 rings (SSSR count). The van der Waals surface area contributed by atoms with E-state index in [1.165, 1.54) is 9.75 Å². The Bertz CT molecular complexity index is 635. The van der Waals surface area contributed by atoms with Gasteiger partial charge < -0.3 is 10.2 Å². The summed E-state index contributed by atoms with van der Waals surface area (Å²) in [5, 5.41) is 3.48. The second-order valence-electron chi connectivity index (χ2n) is 5.24. The molecule has 1 aliphatic heterocycles. The normalized spacial score (nSPS) is 14.7. The number of nitrogens with one attached hydrogen (secondary N) is 1. The van der Waals surface area contributed by atoms with Crippen LogP contribution in [0.25, 0.3) is 0 Å². The van der Waals surface area contributed by atoms with Crippen molar-refractivity contribution >= 4 is 28.6 Å². The van der Waals surface area contributed by atoms with Crippen LogP contribution in [0.4, 0.5) is 11.4 Å². The van der Waals surface area contributed by atoms with Gasteiger partial charge in [-0.05, 0) is 37.1 Å². The SMILES string of the molecule is CCc1ccc(CNc2ccccc2N2CCCC2=O)s1. The van der Waals surface area contributed by atoms with Gasteiger partial charge >= 0.3 is 0 Å². The van der Waals surface area contributed by atoms with Crippen LogP contribution in [0.2, 0.25) is 0 Å². The Morgan fingerprint density at radius 1 is 1.19 bits per heavy atom. The molecule has 0 atom stereocenters. The van der Waals surface area contributed by atoms with Crippen molar-refractivity contribution in [3.63, 3.8) is 0 Å². The quantitative estimate of drug-likeness (QED) is 0.903. The van der Waals surface area contributed by atoms with Crippen LogP contribution in [0, 0.1) is 0 Å². The molecule has 4 heteroatoms. The summed E-state index contributed by atoms with van der Waals surface area (Å²) in [5.41, 5.74) is 2.05. The molecule has 0 aliphatic carbocycles. The number of benzene rings is 1. The molecule has 1 N–H and O–H groups in total. The molecule has 1 saturated heterocycles. The Morgan fingerprint density at radius 2 is 2.00 bits per heavy atom. The Hall–Kier alpha value is -1.81. The minimum Gasteiger partial charge on any atom is -0.378 e. The average Bonchev–Trinajstić information content (AvgIpc) is 3.14. The van der Waals surface area contributed by atoms with Gasteiger partial charge in [0.15, 0.2) is 0 Å². The maximum absolute atomic E-state index is 11.9. The fourth-order valence-corrected chi connectivity index (χ4v) is 3.55. The van der Waals surface area contributed by atoms with Crippen molar-refractivity contribution in [3.8, 4) is 0 Å². The van der Waals surface area contributed by atoms with Crippen molar-refractivity contribution in [3.05, 3.63) is 46.2 Å². The van der Waals surface area contributed by atoms with E-state index in [-0.39, 0.29) is 5.91 Å². The van der Waals surface area contributed by atoms with Crippen molar-refractivity contribution in [2.75, 3.05) is 16.8 Å². The van der Waals surface area contributed by atoms with E-state index >= 15 is 0 Å². The highest BCUT2D eigenvalue weighted by atomic mass is 32.1. The standard InChI is InChI=1S/C17H20N2OS/c1-2-13-9-10-14(21-13)12-18-15-6-3-4-7-16(15)19-11-5-8-17(19)20/h3-4,6-7,9-10,18H,2,5,8,11-12H2,1H3. The molecule has 0 saturated carbocycles. The van der Waals surface area contributed by atoms with Crippen molar-refractivity contribution in [2.24, 2.45) is 0 Å². The van der Waals surface area contributed by atoms with Crippen molar-refractivity contribution in [1.82, 2.24) is 0 Å². The van der Waals surface area contributed by atoms with E-state index in [9.17, 15) is 4.79 Å². The van der Waals surface area contributed by atoms with Gasteiger partial charge in [0.1, 0.15) is 0 Å². The van der Waals surface area contributed by atoms with E-state index in [1.807, 2.05) is 34.4 Å². The Labute approximate surface area is 129 Å². The Morgan fingerprint density at radius 3 is 2.71 bits per heavy atom. The lowest BCUT2D eigenvalue weighted by Crippen LogP contribution is -2.24. The molecular weight excluding hydrogens is 280 g/mol. The number of nitrogens with zero attached hydrogens (tertiary/aromatic N) is 1. The Kier molecular flexibility index (Phi) is 4.25. The maximum atomic E-state index is 11.9. The monoisotopic (exact) mass is 300 g/mol. The van der Waals surface area contributed by atoms with E-state index in [2.05, 4.69) is 30.4 Å². The average molecular weight is 300 g/mol. The van der Waals surface area contributed by atoms with Crippen LogP contribution in [-0.2, 0) is 17.8 Å². The smallest absolute Gasteiger partial charge is 0.227 e. The fourth-order valence-electron chi connectivity index (χ4n) is 2.65. The summed E-state index contributed by atoms with van der Waals surface area (Å²) >= 11 is 1.85. The number of thiophene rings is 1. The molecule has 21 heavy (non-hydrogen) atoms. The van der Waals surface area contributed by atoms with Gasteiger partial charge in [-0.15, -0.1) is 11.3 Å². The zero-order chi connectivity index (χ0) is 14.7. The molecule has 2 aromatic rings. The van der Waals surface area contributed by atoms with E-state index in [1.54, 1.807) is 0 Å². The lowest BCUT2D eigenvalue weighted by Gasteiger charge is -2.20. The molecule has 0 radical (unpaired) electrons. The minimum atomic E-state index is 0.230. The first kappa shape index (κ1) is 14.1. The first-order chi connectivity index (χ1) is 10.3. The fraction of sp³-hybridized carbons (Fsp3) is 0.353. The molecule has 0 unspecified atom stereocenters. The molecule has 1 aromatic heterocycles. The first-order valence-corrected chi connectivity index (χ1v) is 8.30. The van der Waals surface area contributed by atoms with Gasteiger partial charge in [-0.25, -0.2) is 0 Å². The lowest BCUT2D eigenvalue weighted by molar-refractivity contribution is -0.117. The van der Waals surface area contributed by atoms with Gasteiger partial charge in [0.05, 0.1) is 11.4 Å².